The summed E-state index contributed by atoms with van der Waals surface area (Å²) in [7, 11) is -1.09. The molecule has 2 rings (SSSR count). The second-order valence-corrected chi connectivity index (χ2v) is 7.06. The average molecular weight is 329 g/mol. The van der Waals surface area contributed by atoms with Crippen LogP contribution in [0.15, 0.2) is 23.1 Å². The summed E-state index contributed by atoms with van der Waals surface area (Å²) in [5.41, 5.74) is -0.472. The summed E-state index contributed by atoms with van der Waals surface area (Å²) in [6.45, 7) is 1.46. The van der Waals surface area contributed by atoms with Crippen LogP contribution in [0.1, 0.15) is 12.8 Å². The minimum Gasteiger partial charge on any atom is -0.497 e. The average Bonchev–Trinajstić information content (AvgIpc) is 2.54. The molecule has 0 unspecified atom stereocenters. The van der Waals surface area contributed by atoms with E-state index in [1.165, 1.54) is 30.6 Å². The molecule has 22 heavy (non-hydrogen) atoms. The van der Waals surface area contributed by atoms with E-state index in [1.807, 2.05) is 0 Å². The van der Waals surface area contributed by atoms with Crippen molar-refractivity contribution in [3.8, 4) is 5.75 Å². The smallest absolute Gasteiger partial charge is 0.293 e. The first-order valence-corrected chi connectivity index (χ1v) is 8.33. The molecule has 1 heterocycles. The molecule has 1 fully saturated rings. The molecule has 0 saturated carbocycles. The number of rotatable bonds is 5. The standard InChI is InChI=1S/C13H19N3O5S/c1-15(10-5-7-14-8-6-10)22(19,20)13-4-3-11(21-2)9-12(13)16(17)18/h3-4,9-10,14H,5-8H2,1-2H3. The van der Waals surface area contributed by atoms with Gasteiger partial charge in [0.15, 0.2) is 4.90 Å². The molecule has 0 atom stereocenters. The fraction of sp³-hybridized carbons (Fsp3) is 0.538. The van der Waals surface area contributed by atoms with Crippen LogP contribution in [0.4, 0.5) is 5.69 Å². The van der Waals surface area contributed by atoms with Gasteiger partial charge in [-0.2, -0.15) is 4.31 Å². The molecule has 1 aromatic rings. The van der Waals surface area contributed by atoms with Crippen molar-refractivity contribution in [2.45, 2.75) is 23.8 Å². The van der Waals surface area contributed by atoms with Gasteiger partial charge in [0.2, 0.25) is 10.0 Å². The Kier molecular flexibility index (Phi) is 4.99. The zero-order valence-corrected chi connectivity index (χ0v) is 13.3. The Bertz CT molecular complexity index is 656. The normalized spacial score (nSPS) is 16.7. The van der Waals surface area contributed by atoms with Gasteiger partial charge in [0.05, 0.1) is 18.1 Å². The van der Waals surface area contributed by atoms with Gasteiger partial charge in [0.1, 0.15) is 5.75 Å². The van der Waals surface area contributed by atoms with E-state index in [0.717, 1.165) is 19.2 Å². The third kappa shape index (κ3) is 3.21. The zero-order valence-electron chi connectivity index (χ0n) is 12.5. The Labute approximate surface area is 129 Å². The molecule has 0 radical (unpaired) electrons. The molecule has 9 heteroatoms. The van der Waals surface area contributed by atoms with Crippen LogP contribution in [0, 0.1) is 10.1 Å². The number of hydrogen-bond donors (Lipinski definition) is 1. The topological polar surface area (TPSA) is 102 Å². The van der Waals surface area contributed by atoms with Crippen molar-refractivity contribution < 1.29 is 18.1 Å². The number of methoxy groups -OCH3 is 1. The molecule has 1 aliphatic rings. The number of nitrogens with zero attached hydrogens (tertiary/aromatic N) is 2. The first kappa shape index (κ1) is 16.7. The van der Waals surface area contributed by atoms with Gasteiger partial charge >= 0.3 is 0 Å². The third-order valence-electron chi connectivity index (χ3n) is 3.84. The number of nitrogens with one attached hydrogen (secondary N) is 1. The highest BCUT2D eigenvalue weighted by Gasteiger charge is 2.34. The van der Waals surface area contributed by atoms with Gasteiger partial charge in [0, 0.05) is 13.1 Å². The van der Waals surface area contributed by atoms with Crippen LogP contribution in [-0.4, -0.2) is 50.9 Å². The number of ether oxygens (including phenoxy) is 1. The second kappa shape index (κ2) is 6.59. The van der Waals surface area contributed by atoms with Crippen molar-refractivity contribution >= 4 is 15.7 Å². The van der Waals surface area contributed by atoms with Crippen molar-refractivity contribution in [1.82, 2.24) is 9.62 Å². The van der Waals surface area contributed by atoms with E-state index in [2.05, 4.69) is 5.32 Å². The quantitative estimate of drug-likeness (QED) is 0.638. The number of benzene rings is 1. The van der Waals surface area contributed by atoms with Crippen molar-refractivity contribution in [2.75, 3.05) is 27.2 Å². The van der Waals surface area contributed by atoms with E-state index < -0.39 is 20.6 Å². The Balaban J connectivity index is 2.42. The molecule has 122 valence electrons. The molecule has 1 N–H and O–H groups in total. The van der Waals surface area contributed by atoms with Gasteiger partial charge in [-0.25, -0.2) is 8.42 Å². The maximum absolute atomic E-state index is 12.7. The molecule has 0 aliphatic carbocycles. The highest BCUT2D eigenvalue weighted by molar-refractivity contribution is 7.89. The SMILES string of the molecule is COc1ccc(S(=O)(=O)N(C)C2CCNCC2)c([N+](=O)[O-])c1. The Morgan fingerprint density at radius 2 is 2.00 bits per heavy atom. The van der Waals surface area contributed by atoms with E-state index in [9.17, 15) is 18.5 Å². The van der Waals surface area contributed by atoms with E-state index >= 15 is 0 Å². The summed E-state index contributed by atoms with van der Waals surface area (Å²) in [5, 5.41) is 14.4. The predicted octanol–water partition coefficient (Wildman–Crippen LogP) is 0.976. The number of sulfonamides is 1. The Morgan fingerprint density at radius 1 is 1.36 bits per heavy atom. The minimum absolute atomic E-state index is 0.159. The third-order valence-corrected chi connectivity index (χ3v) is 5.80. The molecule has 1 saturated heterocycles. The lowest BCUT2D eigenvalue weighted by molar-refractivity contribution is -0.387. The van der Waals surface area contributed by atoms with Crippen LogP contribution in [0.2, 0.25) is 0 Å². The summed E-state index contributed by atoms with van der Waals surface area (Å²) in [5.74, 6) is 0.246. The molecule has 1 aromatic carbocycles. The fourth-order valence-electron chi connectivity index (χ4n) is 2.51. The second-order valence-electron chi connectivity index (χ2n) is 5.09. The van der Waals surface area contributed by atoms with Crippen LogP contribution < -0.4 is 10.1 Å². The van der Waals surface area contributed by atoms with Crippen LogP contribution >= 0.6 is 0 Å². The number of piperidine rings is 1. The summed E-state index contributed by atoms with van der Waals surface area (Å²) in [4.78, 5) is 10.2. The van der Waals surface area contributed by atoms with Crippen molar-refractivity contribution in [1.29, 1.82) is 0 Å². The minimum atomic E-state index is -3.93. The molecule has 0 aromatic heterocycles. The first-order chi connectivity index (χ1) is 10.4. The highest BCUT2D eigenvalue weighted by atomic mass is 32.2. The van der Waals surface area contributed by atoms with Crippen molar-refractivity contribution in [2.24, 2.45) is 0 Å². The van der Waals surface area contributed by atoms with Crippen molar-refractivity contribution in [3.05, 3.63) is 28.3 Å². The summed E-state index contributed by atoms with van der Waals surface area (Å²) >= 11 is 0. The zero-order chi connectivity index (χ0) is 16.3. The summed E-state index contributed by atoms with van der Waals surface area (Å²) in [6, 6.07) is 3.61. The van der Waals surface area contributed by atoms with Gasteiger partial charge in [-0.3, -0.25) is 10.1 Å². The molecule has 0 bridgehead atoms. The lowest BCUT2D eigenvalue weighted by Crippen LogP contribution is -2.43. The van der Waals surface area contributed by atoms with Gasteiger partial charge in [0.25, 0.3) is 5.69 Å². The fourth-order valence-corrected chi connectivity index (χ4v) is 4.06. The van der Waals surface area contributed by atoms with Crippen molar-refractivity contribution in [3.63, 3.8) is 0 Å². The Morgan fingerprint density at radius 3 is 2.55 bits per heavy atom. The van der Waals surface area contributed by atoms with E-state index in [4.69, 9.17) is 4.74 Å². The summed E-state index contributed by atoms with van der Waals surface area (Å²) in [6.07, 6.45) is 1.36. The van der Waals surface area contributed by atoms with Gasteiger partial charge in [-0.15, -0.1) is 0 Å². The maximum atomic E-state index is 12.7. The Hall–Kier alpha value is -1.71. The molecule has 8 nitrogen and oxygen atoms in total. The van der Waals surface area contributed by atoms with Crippen LogP contribution in [0.5, 0.6) is 5.75 Å². The van der Waals surface area contributed by atoms with Crippen LogP contribution in [0.3, 0.4) is 0 Å². The molecular weight excluding hydrogens is 310 g/mol. The van der Waals surface area contributed by atoms with E-state index in [-0.39, 0.29) is 16.7 Å². The predicted molar refractivity (Wildman–Crippen MR) is 80.5 cm³/mol. The monoisotopic (exact) mass is 329 g/mol. The first-order valence-electron chi connectivity index (χ1n) is 6.89. The van der Waals surface area contributed by atoms with E-state index in [1.54, 1.807) is 0 Å². The number of nitro groups is 1. The lowest BCUT2D eigenvalue weighted by atomic mass is 10.1. The molecular formula is C13H19N3O5S. The van der Waals surface area contributed by atoms with Crippen LogP contribution in [0.25, 0.3) is 0 Å². The molecule has 0 amide bonds. The van der Waals surface area contributed by atoms with Gasteiger partial charge < -0.3 is 10.1 Å². The highest BCUT2D eigenvalue weighted by Crippen LogP contribution is 2.31. The molecule has 1 aliphatic heterocycles. The largest absolute Gasteiger partial charge is 0.497 e. The number of nitro benzene ring substituents is 1. The maximum Gasteiger partial charge on any atom is 0.293 e. The molecule has 0 spiro atoms. The summed E-state index contributed by atoms with van der Waals surface area (Å²) < 4.78 is 31.6. The van der Waals surface area contributed by atoms with Gasteiger partial charge in [-0.1, -0.05) is 0 Å². The van der Waals surface area contributed by atoms with Crippen LogP contribution in [-0.2, 0) is 10.0 Å². The van der Waals surface area contributed by atoms with E-state index in [0.29, 0.717) is 12.8 Å². The van der Waals surface area contributed by atoms with Gasteiger partial charge in [-0.05, 0) is 38.1 Å². The number of hydrogen-bond acceptors (Lipinski definition) is 6. The lowest BCUT2D eigenvalue weighted by Gasteiger charge is -2.30.